The number of hydrogen-bond acceptors (Lipinski definition) is 2. The van der Waals surface area contributed by atoms with Gasteiger partial charge in [0.25, 0.3) is 0 Å². The fourth-order valence-corrected chi connectivity index (χ4v) is 4.05. The highest BCUT2D eigenvalue weighted by Gasteiger charge is 2.31. The summed E-state index contributed by atoms with van der Waals surface area (Å²) in [4.78, 5) is 6.54. The maximum atomic E-state index is 5.57. The monoisotopic (exact) mass is 330 g/mol. The van der Waals surface area contributed by atoms with Crippen molar-refractivity contribution in [3.05, 3.63) is 70.4 Å². The van der Waals surface area contributed by atoms with Crippen LogP contribution in [0.5, 0.6) is 0 Å². The molecule has 0 spiro atoms. The molecular weight excluding hydrogens is 308 g/mol. The summed E-state index contributed by atoms with van der Waals surface area (Å²) >= 11 is 0. The van der Waals surface area contributed by atoms with E-state index in [0.29, 0.717) is 0 Å². The summed E-state index contributed by atoms with van der Waals surface area (Å²) in [5.74, 6) is 0.0829. The molecule has 4 N–H and O–H groups in total. The Hall–Kier alpha value is -3.01. The summed E-state index contributed by atoms with van der Waals surface area (Å²) < 4.78 is 0. The van der Waals surface area contributed by atoms with Gasteiger partial charge in [0.1, 0.15) is 0 Å². The first-order valence-electron chi connectivity index (χ1n) is 8.44. The smallest absolute Gasteiger partial charge is 0.191 e. The fourth-order valence-electron chi connectivity index (χ4n) is 4.05. The van der Waals surface area contributed by atoms with E-state index < -0.39 is 0 Å². The summed E-state index contributed by atoms with van der Waals surface area (Å²) in [6, 6.07) is 14.8. The molecule has 1 aliphatic carbocycles. The van der Waals surface area contributed by atoms with Crippen LogP contribution < -0.4 is 16.4 Å². The lowest BCUT2D eigenvalue weighted by Gasteiger charge is -2.38. The number of aliphatic imine (C=N–C) groups is 1. The van der Waals surface area contributed by atoms with Crippen LogP contribution in [0.25, 0.3) is 11.1 Å². The van der Waals surface area contributed by atoms with E-state index in [-0.39, 0.29) is 5.96 Å². The van der Waals surface area contributed by atoms with Crippen molar-refractivity contribution in [1.82, 2.24) is 0 Å². The van der Waals surface area contributed by atoms with Gasteiger partial charge in [-0.1, -0.05) is 24.3 Å². The van der Waals surface area contributed by atoms with E-state index in [9.17, 15) is 0 Å². The quantitative estimate of drug-likeness (QED) is 0.617. The number of benzene rings is 2. The standard InChI is InChI=1S/C21H22N4/c1-12-10-14-8-9-15(24-21(22)23)11-17(14)19-13(2)16-6-4-5-7-18(16)25(3)20(12)19/h4-9,11H,10H2,1-3H3,(H4,22,23,24). The molecule has 0 saturated carbocycles. The maximum Gasteiger partial charge on any atom is 0.191 e. The van der Waals surface area contributed by atoms with Gasteiger partial charge in [-0.2, -0.15) is 0 Å². The number of anilines is 1. The Balaban J connectivity index is 2.02. The van der Waals surface area contributed by atoms with Gasteiger partial charge in [-0.3, -0.25) is 0 Å². The molecule has 4 rings (SSSR count). The lowest BCUT2D eigenvalue weighted by atomic mass is 9.79. The van der Waals surface area contributed by atoms with E-state index in [2.05, 4.69) is 67.2 Å². The van der Waals surface area contributed by atoms with Gasteiger partial charge >= 0.3 is 0 Å². The highest BCUT2D eigenvalue weighted by molar-refractivity contribution is 6.07. The first kappa shape index (κ1) is 15.5. The Morgan fingerprint density at radius 3 is 2.56 bits per heavy atom. The molecule has 0 bridgehead atoms. The maximum absolute atomic E-state index is 5.57. The van der Waals surface area contributed by atoms with Crippen LogP contribution in [0.4, 0.5) is 11.4 Å². The Bertz CT molecular complexity index is 975. The molecule has 0 fully saturated rings. The molecule has 0 saturated heterocycles. The second kappa shape index (κ2) is 5.52. The molecule has 0 unspecified atom stereocenters. The van der Waals surface area contributed by atoms with Crippen LogP contribution in [0.3, 0.4) is 0 Å². The minimum absolute atomic E-state index is 0.0829. The minimum atomic E-state index is 0.0829. The van der Waals surface area contributed by atoms with E-state index >= 15 is 0 Å². The predicted molar refractivity (Wildman–Crippen MR) is 106 cm³/mol. The minimum Gasteiger partial charge on any atom is -0.370 e. The third-order valence-electron chi connectivity index (χ3n) is 5.10. The lowest BCUT2D eigenvalue weighted by molar-refractivity contribution is 1.00. The van der Waals surface area contributed by atoms with Crippen molar-refractivity contribution in [3.63, 3.8) is 0 Å². The molecule has 25 heavy (non-hydrogen) atoms. The summed E-state index contributed by atoms with van der Waals surface area (Å²) in [6.45, 7) is 4.43. The van der Waals surface area contributed by atoms with Crippen LogP contribution in [0.1, 0.15) is 30.5 Å². The first-order chi connectivity index (χ1) is 12.0. The van der Waals surface area contributed by atoms with Crippen molar-refractivity contribution in [2.24, 2.45) is 16.5 Å². The molecule has 0 atom stereocenters. The van der Waals surface area contributed by atoms with Crippen LogP contribution in [-0.4, -0.2) is 13.0 Å². The zero-order valence-electron chi connectivity index (χ0n) is 14.8. The van der Waals surface area contributed by atoms with Crippen LogP contribution in [0.15, 0.2) is 58.7 Å². The number of hydrogen-bond donors (Lipinski definition) is 2. The van der Waals surface area contributed by atoms with Crippen molar-refractivity contribution in [2.75, 3.05) is 11.9 Å². The topological polar surface area (TPSA) is 67.6 Å². The van der Waals surface area contributed by atoms with Gasteiger partial charge in [0.2, 0.25) is 0 Å². The van der Waals surface area contributed by atoms with Gasteiger partial charge in [0.05, 0.1) is 5.69 Å². The van der Waals surface area contributed by atoms with E-state index in [1.165, 1.54) is 44.8 Å². The average molecular weight is 330 g/mol. The Kier molecular flexibility index (Phi) is 3.42. The molecule has 2 aliphatic rings. The molecular formula is C21H22N4. The highest BCUT2D eigenvalue weighted by Crippen LogP contribution is 2.48. The zero-order chi connectivity index (χ0) is 17.7. The van der Waals surface area contributed by atoms with E-state index in [1.807, 2.05) is 6.07 Å². The Labute approximate surface area is 148 Å². The molecule has 0 aromatic heterocycles. The molecule has 126 valence electrons. The second-order valence-electron chi connectivity index (χ2n) is 6.76. The summed E-state index contributed by atoms with van der Waals surface area (Å²) in [7, 11) is 2.15. The fraction of sp³-hybridized carbons (Fsp3) is 0.190. The van der Waals surface area contributed by atoms with E-state index in [4.69, 9.17) is 11.5 Å². The second-order valence-corrected chi connectivity index (χ2v) is 6.76. The predicted octanol–water partition coefficient (Wildman–Crippen LogP) is 3.80. The van der Waals surface area contributed by atoms with Crippen LogP contribution in [0.2, 0.25) is 0 Å². The number of allylic oxidation sites excluding steroid dienone is 3. The molecule has 0 radical (unpaired) electrons. The third kappa shape index (κ3) is 2.33. The molecule has 1 heterocycles. The molecule has 2 aromatic rings. The average Bonchev–Trinajstić information content (AvgIpc) is 2.58. The van der Waals surface area contributed by atoms with Crippen molar-refractivity contribution in [2.45, 2.75) is 20.3 Å². The van der Waals surface area contributed by atoms with Gasteiger partial charge in [-0.25, -0.2) is 4.99 Å². The Morgan fingerprint density at radius 1 is 1.04 bits per heavy atom. The van der Waals surface area contributed by atoms with Crippen molar-refractivity contribution >= 4 is 28.5 Å². The first-order valence-corrected chi connectivity index (χ1v) is 8.44. The molecule has 1 aliphatic heterocycles. The number of rotatable bonds is 1. The lowest BCUT2D eigenvalue weighted by Crippen LogP contribution is -2.27. The van der Waals surface area contributed by atoms with Crippen molar-refractivity contribution in [1.29, 1.82) is 0 Å². The van der Waals surface area contributed by atoms with Gasteiger partial charge < -0.3 is 16.4 Å². The number of guanidine groups is 1. The number of nitrogens with zero attached hydrogens (tertiary/aromatic N) is 2. The number of fused-ring (bicyclic) bond motifs is 4. The SMILES string of the molecule is CC1=C2C(=C(C)c3ccccc3N2C)c2cc(N=C(N)N)ccc2C1. The molecule has 4 nitrogen and oxygen atoms in total. The summed E-state index contributed by atoms with van der Waals surface area (Å²) in [5, 5.41) is 0. The zero-order valence-corrected chi connectivity index (χ0v) is 14.8. The third-order valence-corrected chi connectivity index (χ3v) is 5.10. The van der Waals surface area contributed by atoms with Crippen molar-refractivity contribution < 1.29 is 0 Å². The van der Waals surface area contributed by atoms with Gasteiger partial charge in [-0.15, -0.1) is 0 Å². The number of likely N-dealkylation sites (N-methyl/N-ethyl adjacent to an activating group) is 1. The van der Waals surface area contributed by atoms with Gasteiger partial charge in [-0.05, 0) is 60.7 Å². The highest BCUT2D eigenvalue weighted by atomic mass is 15.1. The largest absolute Gasteiger partial charge is 0.370 e. The normalized spacial score (nSPS) is 15.6. The van der Waals surface area contributed by atoms with Crippen LogP contribution >= 0.6 is 0 Å². The van der Waals surface area contributed by atoms with Crippen molar-refractivity contribution in [3.8, 4) is 0 Å². The molecule has 0 amide bonds. The van der Waals surface area contributed by atoms with E-state index in [1.54, 1.807) is 0 Å². The van der Waals surface area contributed by atoms with E-state index in [0.717, 1.165) is 12.1 Å². The van der Waals surface area contributed by atoms with Crippen LogP contribution in [0, 0.1) is 0 Å². The van der Waals surface area contributed by atoms with Gasteiger partial charge in [0.15, 0.2) is 5.96 Å². The van der Waals surface area contributed by atoms with Crippen LogP contribution in [-0.2, 0) is 6.42 Å². The summed E-state index contributed by atoms with van der Waals surface area (Å²) in [6.07, 6.45) is 0.941. The molecule has 4 heteroatoms. The number of nitrogens with two attached hydrogens (primary N) is 2. The molecule has 2 aromatic carbocycles. The number of para-hydroxylation sites is 1. The Morgan fingerprint density at radius 2 is 1.80 bits per heavy atom. The summed E-state index contributed by atoms with van der Waals surface area (Å²) in [5.41, 5.74) is 22.3. The van der Waals surface area contributed by atoms with Gasteiger partial charge in [0, 0.05) is 29.6 Å².